The lowest BCUT2D eigenvalue weighted by Crippen LogP contribution is -2.21. The van der Waals surface area contributed by atoms with Gasteiger partial charge < -0.3 is 15.4 Å². The Bertz CT molecular complexity index is 991. The maximum absolute atomic E-state index is 11.1. The molecule has 0 amide bonds. The smallest absolute Gasteiger partial charge is 0.303 e. The number of nitrogens with zero attached hydrogens (tertiary/aromatic N) is 4. The van der Waals surface area contributed by atoms with Gasteiger partial charge in [0.25, 0.3) is 0 Å². The molecule has 0 saturated carbocycles. The van der Waals surface area contributed by atoms with Gasteiger partial charge in [-0.05, 0) is 43.7 Å². The standard InChI is InChI=1S/C19H19N5O2/c1-10-13(7-12(8-20)24(10)2)18-14-5-11(6-17(25)26)3-4-16(14)23-19(22)15(18)9-21/h7,11H,3-6H2,1-2H3,(H2,22,23)(H,25,26). The molecule has 0 bridgehead atoms. The van der Waals surface area contributed by atoms with Gasteiger partial charge in [0, 0.05) is 36.0 Å². The molecule has 2 heterocycles. The van der Waals surface area contributed by atoms with Crippen molar-refractivity contribution in [3.05, 3.63) is 34.3 Å². The van der Waals surface area contributed by atoms with Crippen molar-refractivity contribution in [2.24, 2.45) is 13.0 Å². The molecule has 1 atom stereocenters. The van der Waals surface area contributed by atoms with Crippen LogP contribution in [0.5, 0.6) is 0 Å². The highest BCUT2D eigenvalue weighted by Gasteiger charge is 2.29. The first-order valence-corrected chi connectivity index (χ1v) is 8.37. The van der Waals surface area contributed by atoms with Crippen LogP contribution in [0.1, 0.15) is 41.1 Å². The quantitative estimate of drug-likeness (QED) is 0.874. The topological polar surface area (TPSA) is 129 Å². The molecule has 1 aliphatic rings. The summed E-state index contributed by atoms with van der Waals surface area (Å²) in [6.45, 7) is 1.89. The van der Waals surface area contributed by atoms with Crippen molar-refractivity contribution in [1.82, 2.24) is 9.55 Å². The monoisotopic (exact) mass is 349 g/mol. The second-order valence-corrected chi connectivity index (χ2v) is 6.69. The summed E-state index contributed by atoms with van der Waals surface area (Å²) < 4.78 is 1.77. The summed E-state index contributed by atoms with van der Waals surface area (Å²) in [6, 6.07) is 6.05. The Balaban J connectivity index is 2.25. The zero-order valence-corrected chi connectivity index (χ0v) is 14.7. The Labute approximate surface area is 151 Å². The number of aliphatic carboxylic acids is 1. The Hall–Kier alpha value is -3.32. The normalized spacial score (nSPS) is 15.8. The molecule has 0 spiro atoms. The van der Waals surface area contributed by atoms with Crippen molar-refractivity contribution in [2.75, 3.05) is 5.73 Å². The van der Waals surface area contributed by atoms with Crippen molar-refractivity contribution in [3.8, 4) is 23.3 Å². The lowest BCUT2D eigenvalue weighted by atomic mass is 9.80. The van der Waals surface area contributed by atoms with E-state index in [0.717, 1.165) is 28.9 Å². The van der Waals surface area contributed by atoms with Crippen LogP contribution in [0.15, 0.2) is 6.07 Å². The van der Waals surface area contributed by atoms with E-state index in [1.807, 2.05) is 6.92 Å². The van der Waals surface area contributed by atoms with E-state index in [9.17, 15) is 15.3 Å². The number of hydrogen-bond acceptors (Lipinski definition) is 5. The number of carboxylic acids is 1. The number of hydrogen-bond donors (Lipinski definition) is 2. The zero-order valence-electron chi connectivity index (χ0n) is 14.7. The van der Waals surface area contributed by atoms with Gasteiger partial charge in [-0.15, -0.1) is 0 Å². The highest BCUT2D eigenvalue weighted by Crippen LogP contribution is 2.40. The lowest BCUT2D eigenvalue weighted by Gasteiger charge is -2.26. The summed E-state index contributed by atoms with van der Waals surface area (Å²) >= 11 is 0. The molecule has 7 nitrogen and oxygen atoms in total. The van der Waals surface area contributed by atoms with Gasteiger partial charge in [0.2, 0.25) is 0 Å². The van der Waals surface area contributed by atoms with E-state index in [1.54, 1.807) is 17.7 Å². The maximum atomic E-state index is 11.1. The molecule has 1 aliphatic carbocycles. The minimum absolute atomic E-state index is 0.00447. The van der Waals surface area contributed by atoms with Crippen LogP contribution < -0.4 is 5.73 Å². The average molecular weight is 349 g/mol. The van der Waals surface area contributed by atoms with Crippen molar-refractivity contribution in [1.29, 1.82) is 10.5 Å². The second-order valence-electron chi connectivity index (χ2n) is 6.69. The third-order valence-electron chi connectivity index (χ3n) is 5.19. The molecule has 0 saturated heterocycles. The lowest BCUT2D eigenvalue weighted by molar-refractivity contribution is -0.138. The molecular weight excluding hydrogens is 330 g/mol. The number of pyridine rings is 1. The van der Waals surface area contributed by atoms with Crippen molar-refractivity contribution in [2.45, 2.75) is 32.6 Å². The molecular formula is C19H19N5O2. The van der Waals surface area contributed by atoms with Gasteiger partial charge in [-0.3, -0.25) is 4.79 Å². The van der Waals surface area contributed by atoms with Crippen LogP contribution >= 0.6 is 0 Å². The second kappa shape index (κ2) is 6.53. The molecule has 7 heteroatoms. The molecule has 26 heavy (non-hydrogen) atoms. The molecule has 132 valence electrons. The SMILES string of the molecule is Cc1c(-c2c(C#N)c(N)nc3c2CC(CC(=O)O)CC3)cc(C#N)n1C. The predicted octanol–water partition coefficient (Wildman–Crippen LogP) is 2.30. The highest BCUT2D eigenvalue weighted by molar-refractivity contribution is 5.81. The summed E-state index contributed by atoms with van der Waals surface area (Å²) in [4.78, 5) is 15.5. The first-order chi connectivity index (χ1) is 12.4. The van der Waals surface area contributed by atoms with E-state index in [-0.39, 0.29) is 23.7 Å². The van der Waals surface area contributed by atoms with E-state index in [1.165, 1.54) is 0 Å². The van der Waals surface area contributed by atoms with E-state index in [0.29, 0.717) is 24.1 Å². The third-order valence-corrected chi connectivity index (χ3v) is 5.19. The number of anilines is 1. The van der Waals surface area contributed by atoms with Crippen molar-refractivity contribution < 1.29 is 9.90 Å². The van der Waals surface area contributed by atoms with Gasteiger partial charge in [0.1, 0.15) is 29.2 Å². The average Bonchev–Trinajstić information content (AvgIpc) is 2.88. The van der Waals surface area contributed by atoms with E-state index < -0.39 is 5.97 Å². The summed E-state index contributed by atoms with van der Waals surface area (Å²) in [5.74, 6) is -0.651. The predicted molar refractivity (Wildman–Crippen MR) is 95.0 cm³/mol. The van der Waals surface area contributed by atoms with E-state index in [4.69, 9.17) is 10.8 Å². The van der Waals surface area contributed by atoms with Crippen LogP contribution in [-0.2, 0) is 24.7 Å². The molecule has 0 fully saturated rings. The van der Waals surface area contributed by atoms with E-state index >= 15 is 0 Å². The maximum Gasteiger partial charge on any atom is 0.303 e. The van der Waals surface area contributed by atoms with Crippen LogP contribution in [0.2, 0.25) is 0 Å². The van der Waals surface area contributed by atoms with Crippen LogP contribution in [0.4, 0.5) is 5.82 Å². The molecule has 2 aromatic rings. The Morgan fingerprint density at radius 3 is 2.77 bits per heavy atom. The number of carboxylic acid groups (broad SMARTS) is 1. The fourth-order valence-electron chi connectivity index (χ4n) is 3.74. The number of fused-ring (bicyclic) bond motifs is 1. The third kappa shape index (κ3) is 2.78. The zero-order chi connectivity index (χ0) is 19.0. The van der Waals surface area contributed by atoms with Gasteiger partial charge in [-0.2, -0.15) is 10.5 Å². The first kappa shape index (κ1) is 17.5. The minimum Gasteiger partial charge on any atom is -0.481 e. The molecule has 1 unspecified atom stereocenters. The number of aryl methyl sites for hydroxylation is 1. The Kier molecular flexibility index (Phi) is 4.40. The number of aromatic nitrogens is 2. The molecule has 3 N–H and O–H groups in total. The first-order valence-electron chi connectivity index (χ1n) is 8.37. The van der Waals surface area contributed by atoms with Crippen LogP contribution in [0.25, 0.3) is 11.1 Å². The van der Waals surface area contributed by atoms with Crippen molar-refractivity contribution in [3.63, 3.8) is 0 Å². The molecule has 0 aromatic carbocycles. The minimum atomic E-state index is -0.827. The van der Waals surface area contributed by atoms with Gasteiger partial charge in [0.05, 0.1) is 0 Å². The van der Waals surface area contributed by atoms with Crippen molar-refractivity contribution >= 4 is 11.8 Å². The molecule has 0 radical (unpaired) electrons. The van der Waals surface area contributed by atoms with Gasteiger partial charge in [-0.25, -0.2) is 4.98 Å². The van der Waals surface area contributed by atoms with Crippen LogP contribution in [-0.4, -0.2) is 20.6 Å². The summed E-state index contributed by atoms with van der Waals surface area (Å²) in [5.41, 5.74) is 10.8. The molecule has 2 aromatic heterocycles. The summed E-state index contributed by atoms with van der Waals surface area (Å²) in [7, 11) is 1.80. The van der Waals surface area contributed by atoms with Gasteiger partial charge in [0.15, 0.2) is 0 Å². The summed E-state index contributed by atoms with van der Waals surface area (Å²) in [5, 5.41) is 28.1. The fourth-order valence-corrected chi connectivity index (χ4v) is 3.74. The van der Waals surface area contributed by atoms with Gasteiger partial charge >= 0.3 is 5.97 Å². The number of nitrogen functional groups attached to an aromatic ring is 1. The summed E-state index contributed by atoms with van der Waals surface area (Å²) in [6.07, 6.45) is 1.99. The number of rotatable bonds is 3. The molecule has 0 aliphatic heterocycles. The number of nitrogens with two attached hydrogens (primary N) is 1. The van der Waals surface area contributed by atoms with Gasteiger partial charge in [-0.1, -0.05) is 0 Å². The number of nitriles is 2. The number of carbonyl (C=O) groups is 1. The Morgan fingerprint density at radius 1 is 1.46 bits per heavy atom. The largest absolute Gasteiger partial charge is 0.481 e. The Morgan fingerprint density at radius 2 is 2.19 bits per heavy atom. The fraction of sp³-hybridized carbons (Fsp3) is 0.368. The van der Waals surface area contributed by atoms with E-state index in [2.05, 4.69) is 17.1 Å². The highest BCUT2D eigenvalue weighted by atomic mass is 16.4. The van der Waals surface area contributed by atoms with Crippen LogP contribution in [0.3, 0.4) is 0 Å². The van der Waals surface area contributed by atoms with Crippen LogP contribution in [0, 0.1) is 35.5 Å². The molecule has 3 rings (SSSR count).